The predicted octanol–water partition coefficient (Wildman–Crippen LogP) is 4.00. The van der Waals surface area contributed by atoms with Gasteiger partial charge >= 0.3 is 0 Å². The fraction of sp³-hybridized carbons (Fsp3) is 0.300. The first kappa shape index (κ1) is 14.9. The SMILES string of the molecule is N#Cc1ccc(-c2ccc3oc(CCN4CCCC4)nc3c2)cc1. The van der Waals surface area contributed by atoms with Crippen LogP contribution in [-0.4, -0.2) is 29.5 Å². The van der Waals surface area contributed by atoms with E-state index in [1.165, 1.54) is 25.9 Å². The van der Waals surface area contributed by atoms with Crippen LogP contribution in [0, 0.1) is 11.3 Å². The van der Waals surface area contributed by atoms with Crippen LogP contribution < -0.4 is 0 Å². The number of hydrogen-bond donors (Lipinski definition) is 0. The molecule has 0 spiro atoms. The minimum absolute atomic E-state index is 0.672. The summed E-state index contributed by atoms with van der Waals surface area (Å²) in [6.07, 6.45) is 3.48. The summed E-state index contributed by atoms with van der Waals surface area (Å²) < 4.78 is 5.87. The van der Waals surface area contributed by atoms with Crippen molar-refractivity contribution in [1.82, 2.24) is 9.88 Å². The summed E-state index contributed by atoms with van der Waals surface area (Å²) in [6.45, 7) is 3.42. The van der Waals surface area contributed by atoms with Gasteiger partial charge in [-0.05, 0) is 61.3 Å². The topological polar surface area (TPSA) is 53.1 Å². The van der Waals surface area contributed by atoms with Crippen LogP contribution in [-0.2, 0) is 6.42 Å². The quantitative estimate of drug-likeness (QED) is 0.729. The highest BCUT2D eigenvalue weighted by molar-refractivity contribution is 5.80. The standard InChI is InChI=1S/C20H19N3O/c21-14-15-3-5-16(6-4-15)17-7-8-19-18(13-17)22-20(24-19)9-12-23-10-1-2-11-23/h3-8,13H,1-2,9-12H2. The Morgan fingerprint density at radius 3 is 2.54 bits per heavy atom. The Bertz CT molecular complexity index is 883. The first-order chi connectivity index (χ1) is 11.8. The fourth-order valence-electron chi connectivity index (χ4n) is 3.26. The molecule has 0 amide bonds. The molecule has 4 rings (SSSR count). The highest BCUT2D eigenvalue weighted by Crippen LogP contribution is 2.25. The van der Waals surface area contributed by atoms with E-state index in [1.807, 2.05) is 36.4 Å². The largest absolute Gasteiger partial charge is 0.441 e. The number of benzene rings is 2. The normalized spacial score (nSPS) is 15.0. The van der Waals surface area contributed by atoms with E-state index in [9.17, 15) is 0 Å². The molecule has 1 aliphatic heterocycles. The van der Waals surface area contributed by atoms with Gasteiger partial charge in [-0.25, -0.2) is 4.98 Å². The Hall–Kier alpha value is -2.64. The number of rotatable bonds is 4. The average Bonchev–Trinajstić information content (AvgIpc) is 3.28. The summed E-state index contributed by atoms with van der Waals surface area (Å²) in [5, 5.41) is 8.90. The molecular formula is C20H19N3O. The van der Waals surface area contributed by atoms with Gasteiger partial charge in [0.15, 0.2) is 11.5 Å². The molecule has 4 heteroatoms. The van der Waals surface area contributed by atoms with Crippen molar-refractivity contribution in [3.8, 4) is 17.2 Å². The second kappa shape index (κ2) is 6.46. The van der Waals surface area contributed by atoms with Crippen LogP contribution in [0.15, 0.2) is 46.9 Å². The van der Waals surface area contributed by atoms with E-state index in [4.69, 9.17) is 9.68 Å². The molecule has 0 bridgehead atoms. The van der Waals surface area contributed by atoms with Gasteiger partial charge in [0.1, 0.15) is 5.52 Å². The number of nitriles is 1. The van der Waals surface area contributed by atoms with Gasteiger partial charge in [-0.15, -0.1) is 0 Å². The smallest absolute Gasteiger partial charge is 0.196 e. The third kappa shape index (κ3) is 3.04. The van der Waals surface area contributed by atoms with Crippen molar-refractivity contribution in [2.75, 3.05) is 19.6 Å². The van der Waals surface area contributed by atoms with Gasteiger partial charge in [0, 0.05) is 13.0 Å². The second-order valence-corrected chi connectivity index (χ2v) is 6.28. The Morgan fingerprint density at radius 1 is 1.04 bits per heavy atom. The van der Waals surface area contributed by atoms with Gasteiger partial charge < -0.3 is 9.32 Å². The first-order valence-corrected chi connectivity index (χ1v) is 8.44. The molecular weight excluding hydrogens is 298 g/mol. The molecule has 120 valence electrons. The third-order valence-corrected chi connectivity index (χ3v) is 4.62. The Morgan fingerprint density at radius 2 is 1.79 bits per heavy atom. The summed E-state index contributed by atoms with van der Waals surface area (Å²) in [6, 6.07) is 15.8. The molecule has 0 atom stereocenters. The summed E-state index contributed by atoms with van der Waals surface area (Å²) in [7, 11) is 0. The van der Waals surface area contributed by atoms with Crippen molar-refractivity contribution in [3.05, 3.63) is 53.9 Å². The minimum Gasteiger partial charge on any atom is -0.441 e. The maximum absolute atomic E-state index is 8.90. The number of fused-ring (bicyclic) bond motifs is 1. The van der Waals surface area contributed by atoms with Crippen molar-refractivity contribution in [2.24, 2.45) is 0 Å². The van der Waals surface area contributed by atoms with Gasteiger partial charge in [-0.3, -0.25) is 0 Å². The maximum Gasteiger partial charge on any atom is 0.196 e. The predicted molar refractivity (Wildman–Crippen MR) is 93.5 cm³/mol. The van der Waals surface area contributed by atoms with Crippen molar-refractivity contribution < 1.29 is 4.42 Å². The Balaban J connectivity index is 1.54. The first-order valence-electron chi connectivity index (χ1n) is 8.44. The molecule has 1 aromatic heterocycles. The minimum atomic E-state index is 0.672. The zero-order valence-electron chi connectivity index (χ0n) is 13.5. The number of oxazole rings is 1. The van der Waals surface area contributed by atoms with Crippen molar-refractivity contribution >= 4 is 11.1 Å². The van der Waals surface area contributed by atoms with Crippen LogP contribution >= 0.6 is 0 Å². The molecule has 1 aliphatic rings. The van der Waals surface area contributed by atoms with Gasteiger partial charge in [-0.1, -0.05) is 18.2 Å². The van der Waals surface area contributed by atoms with Gasteiger partial charge in [-0.2, -0.15) is 5.26 Å². The number of aromatic nitrogens is 1. The summed E-state index contributed by atoms with van der Waals surface area (Å²) in [5.74, 6) is 0.814. The van der Waals surface area contributed by atoms with E-state index >= 15 is 0 Å². The van der Waals surface area contributed by atoms with Gasteiger partial charge in [0.05, 0.1) is 11.6 Å². The summed E-state index contributed by atoms with van der Waals surface area (Å²) in [5.41, 5.74) is 4.58. The van der Waals surface area contributed by atoms with Gasteiger partial charge in [0.2, 0.25) is 0 Å². The lowest BCUT2D eigenvalue weighted by atomic mass is 10.0. The van der Waals surface area contributed by atoms with Crippen molar-refractivity contribution in [3.63, 3.8) is 0 Å². The molecule has 2 aromatic carbocycles. The molecule has 0 radical (unpaired) electrons. The van der Waals surface area contributed by atoms with Crippen molar-refractivity contribution in [2.45, 2.75) is 19.3 Å². The monoisotopic (exact) mass is 317 g/mol. The lowest BCUT2D eigenvalue weighted by Gasteiger charge is -2.12. The van der Waals surface area contributed by atoms with Crippen LogP contribution in [0.2, 0.25) is 0 Å². The fourth-order valence-corrected chi connectivity index (χ4v) is 3.26. The number of nitrogens with zero attached hydrogens (tertiary/aromatic N) is 3. The molecule has 4 nitrogen and oxygen atoms in total. The molecule has 0 unspecified atom stereocenters. The Labute approximate surface area is 141 Å². The van der Waals surface area contributed by atoms with Gasteiger partial charge in [0.25, 0.3) is 0 Å². The zero-order chi connectivity index (χ0) is 16.4. The average molecular weight is 317 g/mol. The van der Waals surface area contributed by atoms with E-state index in [1.54, 1.807) is 0 Å². The van der Waals surface area contributed by atoms with Crippen LogP contribution in [0.4, 0.5) is 0 Å². The lowest BCUT2D eigenvalue weighted by Crippen LogP contribution is -2.21. The maximum atomic E-state index is 8.90. The van der Waals surface area contributed by atoms with E-state index in [2.05, 4.69) is 22.0 Å². The van der Waals surface area contributed by atoms with E-state index in [0.29, 0.717) is 5.56 Å². The highest BCUT2D eigenvalue weighted by Gasteiger charge is 2.13. The zero-order valence-corrected chi connectivity index (χ0v) is 13.5. The van der Waals surface area contributed by atoms with E-state index in [-0.39, 0.29) is 0 Å². The number of hydrogen-bond acceptors (Lipinski definition) is 4. The third-order valence-electron chi connectivity index (χ3n) is 4.62. The van der Waals surface area contributed by atoms with Crippen molar-refractivity contribution in [1.29, 1.82) is 5.26 Å². The van der Waals surface area contributed by atoms with Crippen LogP contribution in [0.5, 0.6) is 0 Å². The van der Waals surface area contributed by atoms with Crippen LogP contribution in [0.3, 0.4) is 0 Å². The van der Waals surface area contributed by atoms with E-state index < -0.39 is 0 Å². The summed E-state index contributed by atoms with van der Waals surface area (Å²) >= 11 is 0. The molecule has 0 N–H and O–H groups in total. The summed E-state index contributed by atoms with van der Waals surface area (Å²) in [4.78, 5) is 7.12. The van der Waals surface area contributed by atoms with E-state index in [0.717, 1.165) is 41.1 Å². The lowest BCUT2D eigenvalue weighted by molar-refractivity contribution is 0.330. The number of likely N-dealkylation sites (tertiary alicyclic amines) is 1. The molecule has 1 saturated heterocycles. The van der Waals surface area contributed by atoms with Crippen LogP contribution in [0.1, 0.15) is 24.3 Å². The molecule has 0 aliphatic carbocycles. The highest BCUT2D eigenvalue weighted by atomic mass is 16.3. The Kier molecular flexibility index (Phi) is 4.02. The molecule has 2 heterocycles. The molecule has 24 heavy (non-hydrogen) atoms. The second-order valence-electron chi connectivity index (χ2n) is 6.28. The van der Waals surface area contributed by atoms with Crippen LogP contribution in [0.25, 0.3) is 22.2 Å². The molecule has 0 saturated carbocycles. The molecule has 1 fully saturated rings. The molecule has 3 aromatic rings.